The van der Waals surface area contributed by atoms with Gasteiger partial charge in [0.1, 0.15) is 12.7 Å². The van der Waals surface area contributed by atoms with Gasteiger partial charge in [-0.2, -0.15) is 5.10 Å². The van der Waals surface area contributed by atoms with Crippen LogP contribution in [0.5, 0.6) is 0 Å². The molecular weight excluding hydrogens is 342 g/mol. The fourth-order valence-electron chi connectivity index (χ4n) is 2.68. The van der Waals surface area contributed by atoms with Gasteiger partial charge in [0.25, 0.3) is 0 Å². The van der Waals surface area contributed by atoms with E-state index in [4.69, 9.17) is 12.2 Å². The molecule has 0 saturated carbocycles. The molecule has 1 N–H and O–H groups in total. The zero-order valence-corrected chi connectivity index (χ0v) is 16.1. The number of aromatic nitrogens is 3. The Hall–Kier alpha value is -2.73. The van der Waals surface area contributed by atoms with Crippen LogP contribution in [0.4, 0.5) is 5.69 Å². The van der Waals surface area contributed by atoms with Gasteiger partial charge in [-0.15, -0.1) is 0 Å². The number of nitrogens with one attached hydrogen (secondary N) is 1. The molecule has 1 aromatic heterocycles. The third-order valence-electron chi connectivity index (χ3n) is 4.57. The lowest BCUT2D eigenvalue weighted by atomic mass is 10.1. The number of thiocarbonyl (C=S) groups is 1. The molecule has 0 saturated heterocycles. The van der Waals surface area contributed by atoms with Crippen molar-refractivity contribution >= 4 is 23.0 Å². The Kier molecular flexibility index (Phi) is 5.63. The van der Waals surface area contributed by atoms with E-state index in [-0.39, 0.29) is 6.04 Å². The Balaban J connectivity index is 1.66. The molecule has 6 heteroatoms. The minimum absolute atomic E-state index is 0.148. The number of nitrogens with zero attached hydrogens (tertiary/aromatic N) is 4. The monoisotopic (exact) mass is 365 g/mol. The summed E-state index contributed by atoms with van der Waals surface area (Å²) < 4.78 is 1.74. The molecule has 0 aliphatic rings. The Morgan fingerprint density at radius 3 is 2.42 bits per heavy atom. The topological polar surface area (TPSA) is 46.0 Å². The van der Waals surface area contributed by atoms with Crippen LogP contribution in [0.3, 0.4) is 0 Å². The molecule has 5 nitrogen and oxygen atoms in total. The van der Waals surface area contributed by atoms with Crippen molar-refractivity contribution in [2.45, 2.75) is 26.3 Å². The molecule has 3 aromatic rings. The standard InChI is InChI=1S/C20H23N5S/c1-4-16-5-9-18(10-6-16)23-20(26)24(3)15(2)17-7-11-19(12-8-17)25-14-21-13-22-25/h5-15H,4H2,1-3H3,(H,23,26)/t15-/m1/s1. The summed E-state index contributed by atoms with van der Waals surface area (Å²) in [6.45, 7) is 4.29. The summed E-state index contributed by atoms with van der Waals surface area (Å²) in [6.07, 6.45) is 4.25. The Bertz CT molecular complexity index is 841. The van der Waals surface area contributed by atoms with Gasteiger partial charge in [0.15, 0.2) is 5.11 Å². The third-order valence-corrected chi connectivity index (χ3v) is 4.96. The minimum atomic E-state index is 0.148. The van der Waals surface area contributed by atoms with Crippen molar-refractivity contribution in [3.8, 4) is 5.69 Å². The van der Waals surface area contributed by atoms with E-state index in [0.717, 1.165) is 17.8 Å². The SMILES string of the molecule is CCc1ccc(NC(=S)N(C)[C@H](C)c2ccc(-n3cncn3)cc2)cc1. The first-order valence-electron chi connectivity index (χ1n) is 8.66. The second-order valence-corrected chi connectivity index (χ2v) is 6.59. The highest BCUT2D eigenvalue weighted by Gasteiger charge is 2.15. The van der Waals surface area contributed by atoms with Crippen LogP contribution in [0.1, 0.15) is 31.0 Å². The molecule has 0 amide bonds. The average Bonchev–Trinajstić information content (AvgIpc) is 3.22. The van der Waals surface area contributed by atoms with Gasteiger partial charge in [-0.25, -0.2) is 9.67 Å². The van der Waals surface area contributed by atoms with Crippen molar-refractivity contribution in [3.63, 3.8) is 0 Å². The number of hydrogen-bond acceptors (Lipinski definition) is 3. The van der Waals surface area contributed by atoms with Gasteiger partial charge in [0.05, 0.1) is 11.7 Å². The van der Waals surface area contributed by atoms with Crippen molar-refractivity contribution in [2.75, 3.05) is 12.4 Å². The van der Waals surface area contributed by atoms with Gasteiger partial charge in [0, 0.05) is 12.7 Å². The van der Waals surface area contributed by atoms with Crippen LogP contribution in [-0.2, 0) is 6.42 Å². The summed E-state index contributed by atoms with van der Waals surface area (Å²) in [5.41, 5.74) is 4.49. The minimum Gasteiger partial charge on any atom is -0.345 e. The average molecular weight is 366 g/mol. The maximum atomic E-state index is 5.58. The fourth-order valence-corrected chi connectivity index (χ4v) is 2.96. The van der Waals surface area contributed by atoms with E-state index >= 15 is 0 Å². The van der Waals surface area contributed by atoms with Crippen LogP contribution < -0.4 is 5.32 Å². The van der Waals surface area contributed by atoms with Gasteiger partial charge in [0.2, 0.25) is 0 Å². The molecule has 0 aliphatic carbocycles. The van der Waals surface area contributed by atoms with E-state index in [2.05, 4.69) is 70.5 Å². The van der Waals surface area contributed by atoms with Crippen LogP contribution in [0.25, 0.3) is 5.69 Å². The van der Waals surface area contributed by atoms with Gasteiger partial charge in [-0.05, 0) is 61.0 Å². The molecule has 26 heavy (non-hydrogen) atoms. The van der Waals surface area contributed by atoms with Crippen molar-refractivity contribution < 1.29 is 0 Å². The molecule has 134 valence electrons. The first-order chi connectivity index (χ1) is 12.6. The summed E-state index contributed by atoms with van der Waals surface area (Å²) in [5.74, 6) is 0. The first kappa shape index (κ1) is 18.1. The summed E-state index contributed by atoms with van der Waals surface area (Å²) in [4.78, 5) is 6.04. The molecule has 2 aromatic carbocycles. The number of benzene rings is 2. The predicted molar refractivity (Wildman–Crippen MR) is 110 cm³/mol. The van der Waals surface area contributed by atoms with Crippen molar-refractivity contribution in [3.05, 3.63) is 72.3 Å². The molecule has 3 rings (SSSR count). The molecule has 0 radical (unpaired) electrons. The van der Waals surface area contributed by atoms with E-state index in [0.29, 0.717) is 5.11 Å². The van der Waals surface area contributed by atoms with E-state index in [9.17, 15) is 0 Å². The second kappa shape index (κ2) is 8.10. The highest BCUT2D eigenvalue weighted by Crippen LogP contribution is 2.21. The Labute approximate surface area is 159 Å². The van der Waals surface area contributed by atoms with E-state index < -0.39 is 0 Å². The number of anilines is 1. The highest BCUT2D eigenvalue weighted by atomic mass is 32.1. The smallest absolute Gasteiger partial charge is 0.173 e. The Morgan fingerprint density at radius 2 is 1.85 bits per heavy atom. The van der Waals surface area contributed by atoms with Gasteiger partial charge >= 0.3 is 0 Å². The molecular formula is C20H23N5S. The van der Waals surface area contributed by atoms with Crippen LogP contribution >= 0.6 is 12.2 Å². The summed E-state index contributed by atoms with van der Waals surface area (Å²) in [6, 6.07) is 16.8. The number of hydrogen-bond donors (Lipinski definition) is 1. The highest BCUT2D eigenvalue weighted by molar-refractivity contribution is 7.80. The maximum absolute atomic E-state index is 5.58. The van der Waals surface area contributed by atoms with Gasteiger partial charge < -0.3 is 10.2 Å². The van der Waals surface area contributed by atoms with Gasteiger partial charge in [-0.3, -0.25) is 0 Å². The zero-order chi connectivity index (χ0) is 18.5. The normalized spacial score (nSPS) is 11.8. The molecule has 0 aliphatic heterocycles. The summed E-state index contributed by atoms with van der Waals surface area (Å²) >= 11 is 5.58. The molecule has 0 spiro atoms. The fraction of sp³-hybridized carbons (Fsp3) is 0.250. The maximum Gasteiger partial charge on any atom is 0.173 e. The first-order valence-corrected chi connectivity index (χ1v) is 9.07. The Morgan fingerprint density at radius 1 is 1.15 bits per heavy atom. The number of rotatable bonds is 5. The molecule has 0 fully saturated rings. The van der Waals surface area contributed by atoms with Gasteiger partial charge in [-0.1, -0.05) is 31.2 Å². The molecule has 0 unspecified atom stereocenters. The zero-order valence-electron chi connectivity index (χ0n) is 15.3. The van der Waals surface area contributed by atoms with E-state index in [1.54, 1.807) is 11.0 Å². The summed E-state index contributed by atoms with van der Waals surface area (Å²) in [7, 11) is 2.01. The summed E-state index contributed by atoms with van der Waals surface area (Å²) in [5, 5.41) is 8.16. The second-order valence-electron chi connectivity index (χ2n) is 6.20. The molecule has 1 atom stereocenters. The lowest BCUT2D eigenvalue weighted by molar-refractivity contribution is 0.408. The lowest BCUT2D eigenvalue weighted by Crippen LogP contribution is -2.33. The van der Waals surface area contributed by atoms with Crippen molar-refractivity contribution in [1.29, 1.82) is 0 Å². The molecule has 0 bridgehead atoms. The number of aryl methyl sites for hydroxylation is 1. The van der Waals surface area contributed by atoms with E-state index in [1.807, 2.05) is 19.2 Å². The largest absolute Gasteiger partial charge is 0.345 e. The van der Waals surface area contributed by atoms with Crippen LogP contribution in [0, 0.1) is 0 Å². The predicted octanol–water partition coefficient (Wildman–Crippen LogP) is 4.22. The van der Waals surface area contributed by atoms with Crippen LogP contribution in [0.2, 0.25) is 0 Å². The molecule has 1 heterocycles. The quantitative estimate of drug-likeness (QED) is 0.686. The lowest BCUT2D eigenvalue weighted by Gasteiger charge is -2.28. The van der Waals surface area contributed by atoms with E-state index in [1.165, 1.54) is 17.5 Å². The van der Waals surface area contributed by atoms with Crippen LogP contribution in [-0.4, -0.2) is 31.8 Å². The van der Waals surface area contributed by atoms with Crippen LogP contribution in [0.15, 0.2) is 61.2 Å². The van der Waals surface area contributed by atoms with Crippen molar-refractivity contribution in [1.82, 2.24) is 19.7 Å². The van der Waals surface area contributed by atoms with Crippen molar-refractivity contribution in [2.24, 2.45) is 0 Å². The third kappa shape index (κ3) is 4.08.